The minimum absolute atomic E-state index is 0.401. The molecule has 4 nitrogen and oxygen atoms in total. The van der Waals surface area contributed by atoms with Gasteiger partial charge < -0.3 is 15.2 Å². The summed E-state index contributed by atoms with van der Waals surface area (Å²) in [4.78, 5) is 2.82. The fraction of sp³-hybridized carbons (Fsp3) is 0.562. The maximum Gasteiger partial charge on any atom is 0.120 e. The Kier molecular flexibility index (Phi) is 6.42. The maximum atomic E-state index is 5.79. The Morgan fingerprint density at radius 1 is 1.38 bits per heavy atom. The minimum atomic E-state index is 0.401. The van der Waals surface area contributed by atoms with Gasteiger partial charge in [-0.2, -0.15) is 0 Å². The van der Waals surface area contributed by atoms with Crippen LogP contribution in [0.3, 0.4) is 0 Å². The molecule has 2 N–H and O–H groups in total. The third kappa shape index (κ3) is 5.26. The SMILES string of the molecule is CCOC1CCN(CCOc2cccc(C(N)=S)c2)CC1. The van der Waals surface area contributed by atoms with Gasteiger partial charge in [0.25, 0.3) is 0 Å². The van der Waals surface area contributed by atoms with Crippen molar-refractivity contribution in [2.45, 2.75) is 25.9 Å². The molecule has 1 aromatic carbocycles. The highest BCUT2D eigenvalue weighted by Crippen LogP contribution is 2.15. The molecule has 1 aromatic rings. The van der Waals surface area contributed by atoms with Gasteiger partial charge in [0.2, 0.25) is 0 Å². The normalized spacial score (nSPS) is 16.8. The largest absolute Gasteiger partial charge is 0.492 e. The van der Waals surface area contributed by atoms with Crippen LogP contribution in [0.25, 0.3) is 0 Å². The summed E-state index contributed by atoms with van der Waals surface area (Å²) in [6.45, 7) is 6.66. The molecule has 5 heteroatoms. The Morgan fingerprint density at radius 2 is 2.14 bits per heavy atom. The van der Waals surface area contributed by atoms with Gasteiger partial charge in [0.15, 0.2) is 0 Å². The second-order valence-electron chi connectivity index (χ2n) is 5.24. The average molecular weight is 308 g/mol. The molecule has 1 fully saturated rings. The highest BCUT2D eigenvalue weighted by Gasteiger charge is 2.18. The molecule has 1 heterocycles. The molecule has 0 bridgehead atoms. The van der Waals surface area contributed by atoms with Crippen molar-refractivity contribution < 1.29 is 9.47 Å². The molecule has 2 rings (SSSR count). The fourth-order valence-electron chi connectivity index (χ4n) is 2.57. The van der Waals surface area contributed by atoms with Crippen LogP contribution in [0, 0.1) is 0 Å². The standard InChI is InChI=1S/C16H24N2O2S/c1-2-19-14-6-8-18(9-7-14)10-11-20-15-5-3-4-13(12-15)16(17)21/h3-5,12,14H,2,6-11H2,1H3,(H2,17,21). The second kappa shape index (κ2) is 8.32. The van der Waals surface area contributed by atoms with E-state index in [4.69, 9.17) is 27.4 Å². The van der Waals surface area contributed by atoms with E-state index in [1.165, 1.54) is 0 Å². The quantitative estimate of drug-likeness (QED) is 0.783. The van der Waals surface area contributed by atoms with E-state index in [0.29, 0.717) is 17.7 Å². The van der Waals surface area contributed by atoms with Crippen LogP contribution < -0.4 is 10.5 Å². The monoisotopic (exact) mass is 308 g/mol. The van der Waals surface area contributed by atoms with Crippen molar-refractivity contribution in [3.63, 3.8) is 0 Å². The van der Waals surface area contributed by atoms with Crippen LogP contribution in [0.2, 0.25) is 0 Å². The number of nitrogens with two attached hydrogens (primary N) is 1. The first-order valence-corrected chi connectivity index (χ1v) is 7.96. The minimum Gasteiger partial charge on any atom is -0.492 e. The predicted octanol–water partition coefficient (Wildman–Crippen LogP) is 2.20. The van der Waals surface area contributed by atoms with Gasteiger partial charge in [-0.3, -0.25) is 4.90 Å². The number of hydrogen-bond donors (Lipinski definition) is 1. The number of thiocarbonyl (C=S) groups is 1. The lowest BCUT2D eigenvalue weighted by atomic mass is 10.1. The number of rotatable bonds is 7. The Bertz CT molecular complexity index is 459. The molecule has 0 spiro atoms. The van der Waals surface area contributed by atoms with E-state index in [0.717, 1.165) is 50.4 Å². The van der Waals surface area contributed by atoms with Crippen molar-refractivity contribution in [1.82, 2.24) is 4.90 Å². The van der Waals surface area contributed by atoms with E-state index >= 15 is 0 Å². The maximum absolute atomic E-state index is 5.79. The molecule has 0 radical (unpaired) electrons. The van der Waals surface area contributed by atoms with Crippen molar-refractivity contribution in [3.05, 3.63) is 29.8 Å². The molecule has 21 heavy (non-hydrogen) atoms. The third-order valence-corrected chi connectivity index (χ3v) is 3.97. The molecule has 116 valence electrons. The number of nitrogens with zero attached hydrogens (tertiary/aromatic N) is 1. The summed E-state index contributed by atoms with van der Waals surface area (Å²) in [5.41, 5.74) is 6.47. The van der Waals surface area contributed by atoms with Crippen molar-refractivity contribution >= 4 is 17.2 Å². The van der Waals surface area contributed by atoms with Crippen LogP contribution in [-0.2, 0) is 4.74 Å². The lowest BCUT2D eigenvalue weighted by Crippen LogP contribution is -2.39. The predicted molar refractivity (Wildman–Crippen MR) is 88.9 cm³/mol. The average Bonchev–Trinajstić information content (AvgIpc) is 2.50. The number of piperidine rings is 1. The molecular weight excluding hydrogens is 284 g/mol. The topological polar surface area (TPSA) is 47.7 Å². The molecule has 0 unspecified atom stereocenters. The van der Waals surface area contributed by atoms with E-state index in [1.54, 1.807) is 0 Å². The van der Waals surface area contributed by atoms with E-state index in [2.05, 4.69) is 11.8 Å². The number of hydrogen-bond acceptors (Lipinski definition) is 4. The summed E-state index contributed by atoms with van der Waals surface area (Å²) < 4.78 is 11.4. The molecule has 0 amide bonds. The van der Waals surface area contributed by atoms with Crippen molar-refractivity contribution in [2.75, 3.05) is 32.8 Å². The molecule has 0 atom stereocenters. The zero-order chi connectivity index (χ0) is 15.1. The zero-order valence-electron chi connectivity index (χ0n) is 12.6. The van der Waals surface area contributed by atoms with Crippen LogP contribution in [0.1, 0.15) is 25.3 Å². The molecule has 1 saturated heterocycles. The highest BCUT2D eigenvalue weighted by molar-refractivity contribution is 7.80. The molecule has 0 aromatic heterocycles. The molecule has 1 aliphatic rings. The summed E-state index contributed by atoms with van der Waals surface area (Å²) in [6, 6.07) is 7.64. The smallest absolute Gasteiger partial charge is 0.120 e. The van der Waals surface area contributed by atoms with Crippen LogP contribution in [0.15, 0.2) is 24.3 Å². The Morgan fingerprint density at radius 3 is 2.81 bits per heavy atom. The van der Waals surface area contributed by atoms with Crippen LogP contribution in [-0.4, -0.2) is 48.8 Å². The Labute approximate surface area is 132 Å². The van der Waals surface area contributed by atoms with E-state index in [9.17, 15) is 0 Å². The summed E-state index contributed by atoms with van der Waals surface area (Å²) >= 11 is 4.97. The van der Waals surface area contributed by atoms with E-state index in [1.807, 2.05) is 24.3 Å². The summed E-state index contributed by atoms with van der Waals surface area (Å²) in [5.74, 6) is 0.824. The lowest BCUT2D eigenvalue weighted by Gasteiger charge is -2.31. The van der Waals surface area contributed by atoms with Crippen LogP contribution >= 0.6 is 12.2 Å². The van der Waals surface area contributed by atoms with Gasteiger partial charge in [0.1, 0.15) is 17.3 Å². The number of likely N-dealkylation sites (tertiary alicyclic amines) is 1. The molecular formula is C16H24N2O2S. The summed E-state index contributed by atoms with van der Waals surface area (Å²) in [7, 11) is 0. The van der Waals surface area contributed by atoms with Gasteiger partial charge in [0.05, 0.1) is 6.10 Å². The van der Waals surface area contributed by atoms with Crippen LogP contribution in [0.5, 0.6) is 5.75 Å². The molecule has 1 aliphatic heterocycles. The first-order chi connectivity index (χ1) is 10.2. The zero-order valence-corrected chi connectivity index (χ0v) is 13.4. The van der Waals surface area contributed by atoms with Gasteiger partial charge >= 0.3 is 0 Å². The Hall–Kier alpha value is -1.17. The highest BCUT2D eigenvalue weighted by atomic mass is 32.1. The van der Waals surface area contributed by atoms with Crippen molar-refractivity contribution in [2.24, 2.45) is 5.73 Å². The molecule has 0 saturated carbocycles. The lowest BCUT2D eigenvalue weighted by molar-refractivity contribution is 0.0119. The molecule has 0 aliphatic carbocycles. The Balaban J connectivity index is 1.70. The first-order valence-electron chi connectivity index (χ1n) is 7.55. The van der Waals surface area contributed by atoms with Gasteiger partial charge in [-0.25, -0.2) is 0 Å². The van der Waals surface area contributed by atoms with Crippen molar-refractivity contribution in [1.29, 1.82) is 0 Å². The second-order valence-corrected chi connectivity index (χ2v) is 5.68. The van der Waals surface area contributed by atoms with Gasteiger partial charge in [0, 0.05) is 31.8 Å². The van der Waals surface area contributed by atoms with Crippen molar-refractivity contribution in [3.8, 4) is 5.75 Å². The van der Waals surface area contributed by atoms with Gasteiger partial charge in [-0.1, -0.05) is 24.4 Å². The van der Waals surface area contributed by atoms with E-state index in [-0.39, 0.29) is 0 Å². The first kappa shape index (κ1) is 16.2. The summed E-state index contributed by atoms with van der Waals surface area (Å²) in [6.07, 6.45) is 2.67. The third-order valence-electron chi connectivity index (χ3n) is 3.73. The van der Waals surface area contributed by atoms with Gasteiger partial charge in [-0.15, -0.1) is 0 Å². The summed E-state index contributed by atoms with van der Waals surface area (Å²) in [5, 5.41) is 0. The van der Waals surface area contributed by atoms with Gasteiger partial charge in [-0.05, 0) is 31.9 Å². The number of ether oxygens (including phenoxy) is 2. The number of benzene rings is 1. The van der Waals surface area contributed by atoms with Crippen LogP contribution in [0.4, 0.5) is 0 Å². The fourth-order valence-corrected chi connectivity index (χ4v) is 2.69. The van der Waals surface area contributed by atoms with E-state index < -0.39 is 0 Å².